The van der Waals surface area contributed by atoms with Crippen molar-refractivity contribution in [2.45, 2.75) is 38.6 Å². The molecule has 2 atom stereocenters. The van der Waals surface area contributed by atoms with E-state index >= 15 is 0 Å². The van der Waals surface area contributed by atoms with Crippen molar-refractivity contribution in [3.8, 4) is 0 Å². The van der Waals surface area contributed by atoms with Crippen molar-refractivity contribution in [3.05, 3.63) is 23.5 Å². The number of nitrogens with zero attached hydrogens (tertiary/aromatic N) is 1. The molecular weight excluding hydrogens is 264 g/mol. The molecule has 1 heterocycles. The van der Waals surface area contributed by atoms with Gasteiger partial charge in [-0.25, -0.2) is 4.98 Å². The molecule has 1 aromatic rings. The molecule has 0 saturated heterocycles. The minimum Gasteiger partial charge on any atom is -0.466 e. The van der Waals surface area contributed by atoms with Gasteiger partial charge in [0.1, 0.15) is 5.15 Å². The highest BCUT2D eigenvalue weighted by atomic mass is 35.5. The van der Waals surface area contributed by atoms with Gasteiger partial charge < -0.3 is 10.1 Å². The zero-order valence-corrected chi connectivity index (χ0v) is 11.8. The molecule has 0 bridgehead atoms. The van der Waals surface area contributed by atoms with Crippen LogP contribution in [0.25, 0.3) is 0 Å². The van der Waals surface area contributed by atoms with Crippen LogP contribution in [0.5, 0.6) is 0 Å². The molecule has 0 spiro atoms. The van der Waals surface area contributed by atoms with Gasteiger partial charge in [0.15, 0.2) is 0 Å². The number of ether oxygens (including phenoxy) is 1. The van der Waals surface area contributed by atoms with Gasteiger partial charge in [-0.1, -0.05) is 18.0 Å². The second-order valence-electron chi connectivity index (χ2n) is 4.83. The minimum absolute atomic E-state index is 0.0199. The standard InChI is InChI=1S/C14H19ClN2O2/c1-2-19-14(18)10-4-3-5-11(8-10)17-12-6-7-13(15)16-9-12/h6-7,9-11,17H,2-5,8H2,1H3. The fraction of sp³-hybridized carbons (Fsp3) is 0.571. The molecule has 1 N–H and O–H groups in total. The fourth-order valence-corrected chi connectivity index (χ4v) is 2.60. The Labute approximate surface area is 118 Å². The highest BCUT2D eigenvalue weighted by Crippen LogP contribution is 2.27. The molecule has 1 aliphatic carbocycles. The number of hydrogen-bond acceptors (Lipinski definition) is 4. The van der Waals surface area contributed by atoms with Gasteiger partial charge in [0, 0.05) is 6.04 Å². The van der Waals surface area contributed by atoms with Crippen LogP contribution < -0.4 is 5.32 Å². The molecule has 1 saturated carbocycles. The van der Waals surface area contributed by atoms with Gasteiger partial charge in [0.2, 0.25) is 0 Å². The molecule has 1 fully saturated rings. The van der Waals surface area contributed by atoms with Crippen LogP contribution >= 0.6 is 11.6 Å². The summed E-state index contributed by atoms with van der Waals surface area (Å²) in [6, 6.07) is 3.96. The van der Waals surface area contributed by atoms with Crippen molar-refractivity contribution >= 4 is 23.3 Å². The maximum Gasteiger partial charge on any atom is 0.308 e. The van der Waals surface area contributed by atoms with Crippen LogP contribution in [0.15, 0.2) is 18.3 Å². The van der Waals surface area contributed by atoms with Crippen LogP contribution in [0.3, 0.4) is 0 Å². The Kier molecular flexibility index (Phi) is 5.02. The van der Waals surface area contributed by atoms with Crippen molar-refractivity contribution < 1.29 is 9.53 Å². The van der Waals surface area contributed by atoms with Gasteiger partial charge in [-0.05, 0) is 38.3 Å². The third kappa shape index (κ3) is 4.10. The first-order valence-electron chi connectivity index (χ1n) is 6.73. The fourth-order valence-electron chi connectivity index (χ4n) is 2.49. The topological polar surface area (TPSA) is 51.2 Å². The number of esters is 1. The number of pyridine rings is 1. The third-order valence-electron chi connectivity index (χ3n) is 3.39. The molecule has 5 heteroatoms. The first-order chi connectivity index (χ1) is 9.19. The molecule has 0 amide bonds. The molecule has 1 aromatic heterocycles. The summed E-state index contributed by atoms with van der Waals surface area (Å²) in [5.41, 5.74) is 0.943. The second kappa shape index (κ2) is 6.75. The molecule has 0 radical (unpaired) electrons. The number of halogens is 1. The lowest BCUT2D eigenvalue weighted by Gasteiger charge is -2.29. The zero-order chi connectivity index (χ0) is 13.7. The number of anilines is 1. The number of rotatable bonds is 4. The average molecular weight is 283 g/mol. The number of nitrogens with one attached hydrogen (secondary N) is 1. The van der Waals surface area contributed by atoms with E-state index in [1.54, 1.807) is 12.3 Å². The van der Waals surface area contributed by atoms with Crippen LogP contribution in [0.2, 0.25) is 5.15 Å². The van der Waals surface area contributed by atoms with Crippen molar-refractivity contribution in [1.29, 1.82) is 0 Å². The molecule has 1 aliphatic rings. The Hall–Kier alpha value is -1.29. The summed E-state index contributed by atoms with van der Waals surface area (Å²) in [5.74, 6) is -0.0466. The van der Waals surface area contributed by atoms with Gasteiger partial charge in [-0.3, -0.25) is 4.79 Å². The predicted octanol–water partition coefficient (Wildman–Crippen LogP) is 3.27. The van der Waals surface area contributed by atoms with Gasteiger partial charge in [-0.15, -0.1) is 0 Å². The Morgan fingerprint density at radius 2 is 2.37 bits per heavy atom. The first-order valence-corrected chi connectivity index (χ1v) is 7.11. The highest BCUT2D eigenvalue weighted by Gasteiger charge is 2.28. The van der Waals surface area contributed by atoms with Crippen LogP contribution in [0.4, 0.5) is 5.69 Å². The summed E-state index contributed by atoms with van der Waals surface area (Å²) >= 11 is 5.75. The van der Waals surface area contributed by atoms with Crippen molar-refractivity contribution in [1.82, 2.24) is 4.98 Å². The first kappa shape index (κ1) is 14.1. The van der Waals surface area contributed by atoms with Crippen LogP contribution in [0, 0.1) is 5.92 Å². The lowest BCUT2D eigenvalue weighted by molar-refractivity contribution is -0.149. The van der Waals surface area contributed by atoms with Crippen molar-refractivity contribution in [3.63, 3.8) is 0 Å². The Bertz CT molecular complexity index is 422. The molecule has 0 aromatic carbocycles. The maximum atomic E-state index is 11.8. The predicted molar refractivity (Wildman–Crippen MR) is 75.2 cm³/mol. The molecule has 2 rings (SSSR count). The number of carbonyl (C=O) groups excluding carboxylic acids is 1. The van der Waals surface area contributed by atoms with E-state index < -0.39 is 0 Å². The largest absolute Gasteiger partial charge is 0.466 e. The smallest absolute Gasteiger partial charge is 0.308 e. The molecule has 19 heavy (non-hydrogen) atoms. The van der Waals surface area contributed by atoms with E-state index in [2.05, 4.69) is 10.3 Å². The lowest BCUT2D eigenvalue weighted by atomic mass is 9.85. The molecule has 2 unspecified atom stereocenters. The number of aromatic nitrogens is 1. The summed E-state index contributed by atoms with van der Waals surface area (Å²) in [6.07, 6.45) is 5.58. The van der Waals surface area contributed by atoms with Gasteiger partial charge in [0.05, 0.1) is 24.4 Å². The molecule has 0 aliphatic heterocycles. The van der Waals surface area contributed by atoms with E-state index in [9.17, 15) is 4.79 Å². The minimum atomic E-state index is -0.0665. The SMILES string of the molecule is CCOC(=O)C1CCCC(Nc2ccc(Cl)nc2)C1. The summed E-state index contributed by atoms with van der Waals surface area (Å²) in [5, 5.41) is 3.89. The Morgan fingerprint density at radius 1 is 1.53 bits per heavy atom. The number of carbonyl (C=O) groups is 1. The van der Waals surface area contributed by atoms with Gasteiger partial charge in [-0.2, -0.15) is 0 Å². The second-order valence-corrected chi connectivity index (χ2v) is 5.21. The average Bonchev–Trinajstić information content (AvgIpc) is 2.42. The summed E-state index contributed by atoms with van der Waals surface area (Å²) in [4.78, 5) is 15.8. The van der Waals surface area contributed by atoms with E-state index in [-0.39, 0.29) is 11.9 Å². The third-order valence-corrected chi connectivity index (χ3v) is 3.62. The Balaban J connectivity index is 1.90. The molecule has 4 nitrogen and oxygen atoms in total. The summed E-state index contributed by atoms with van der Waals surface area (Å²) in [7, 11) is 0. The van der Waals surface area contributed by atoms with Crippen LogP contribution in [-0.4, -0.2) is 23.6 Å². The van der Waals surface area contributed by atoms with Gasteiger partial charge in [0.25, 0.3) is 0 Å². The van der Waals surface area contributed by atoms with Crippen molar-refractivity contribution in [2.75, 3.05) is 11.9 Å². The van der Waals surface area contributed by atoms with Crippen molar-refractivity contribution in [2.24, 2.45) is 5.92 Å². The zero-order valence-electron chi connectivity index (χ0n) is 11.1. The quantitative estimate of drug-likeness (QED) is 0.680. The van der Waals surface area contributed by atoms with E-state index in [1.165, 1.54) is 0 Å². The molecular formula is C14H19ClN2O2. The lowest BCUT2D eigenvalue weighted by Crippen LogP contribution is -2.32. The molecule has 104 valence electrons. The normalized spacial score (nSPS) is 22.8. The highest BCUT2D eigenvalue weighted by molar-refractivity contribution is 6.29. The van der Waals surface area contributed by atoms with E-state index in [0.717, 1.165) is 31.4 Å². The van der Waals surface area contributed by atoms with Gasteiger partial charge >= 0.3 is 5.97 Å². The monoisotopic (exact) mass is 282 g/mol. The van der Waals surface area contributed by atoms with E-state index in [1.807, 2.05) is 13.0 Å². The number of hydrogen-bond donors (Lipinski definition) is 1. The van der Waals surface area contributed by atoms with Crippen LogP contribution in [0.1, 0.15) is 32.6 Å². The summed E-state index contributed by atoms with van der Waals surface area (Å²) in [6.45, 7) is 2.30. The Morgan fingerprint density at radius 3 is 3.05 bits per heavy atom. The van der Waals surface area contributed by atoms with E-state index in [4.69, 9.17) is 16.3 Å². The summed E-state index contributed by atoms with van der Waals surface area (Å²) < 4.78 is 5.10. The van der Waals surface area contributed by atoms with E-state index in [0.29, 0.717) is 17.8 Å². The van der Waals surface area contributed by atoms with Crippen LogP contribution in [-0.2, 0) is 9.53 Å². The maximum absolute atomic E-state index is 11.8.